The first-order chi connectivity index (χ1) is 18.4. The Morgan fingerprint density at radius 3 is 2.03 bits per heavy atom. The number of benzene rings is 3. The summed E-state index contributed by atoms with van der Waals surface area (Å²) >= 11 is 0. The van der Waals surface area contributed by atoms with Crippen molar-refractivity contribution in [2.75, 3.05) is 10.8 Å². The molecule has 7 nitrogen and oxygen atoms in total. The lowest BCUT2D eigenvalue weighted by atomic mass is 10.1. The van der Waals surface area contributed by atoms with Crippen molar-refractivity contribution in [2.45, 2.75) is 71.5 Å². The molecule has 8 heteroatoms. The Morgan fingerprint density at radius 2 is 1.46 bits per heavy atom. The molecule has 208 valence electrons. The van der Waals surface area contributed by atoms with E-state index in [0.717, 1.165) is 26.6 Å². The van der Waals surface area contributed by atoms with Crippen LogP contribution in [0.15, 0.2) is 77.7 Å². The Bertz CT molecular complexity index is 1400. The molecular formula is C31H39N3O4S. The van der Waals surface area contributed by atoms with E-state index in [2.05, 4.69) is 5.32 Å². The van der Waals surface area contributed by atoms with Gasteiger partial charge in [0.1, 0.15) is 12.6 Å². The predicted molar refractivity (Wildman–Crippen MR) is 156 cm³/mol. The Balaban J connectivity index is 2.07. The third-order valence-electron chi connectivity index (χ3n) is 6.43. The Labute approximate surface area is 232 Å². The van der Waals surface area contributed by atoms with Crippen LogP contribution < -0.4 is 9.62 Å². The molecule has 0 unspecified atom stereocenters. The Morgan fingerprint density at radius 1 is 0.846 bits per heavy atom. The minimum absolute atomic E-state index is 0.0947. The summed E-state index contributed by atoms with van der Waals surface area (Å²) in [5, 5.41) is 2.92. The van der Waals surface area contributed by atoms with Gasteiger partial charge in [-0.05, 0) is 76.4 Å². The molecule has 1 N–H and O–H groups in total. The summed E-state index contributed by atoms with van der Waals surface area (Å²) in [7, 11) is -4.08. The SMILES string of the molecule is CC[C@@H](C(=O)NC(C)C)N(Cc1cccc(C)c1)C(=O)CN(c1cccc(C)c1)S(=O)(=O)c1ccc(C)cc1. The van der Waals surface area contributed by atoms with Crippen LogP contribution in [0.1, 0.15) is 49.4 Å². The fourth-order valence-corrected chi connectivity index (χ4v) is 5.86. The molecule has 3 aromatic rings. The third-order valence-corrected chi connectivity index (χ3v) is 8.22. The van der Waals surface area contributed by atoms with Crippen molar-refractivity contribution in [3.8, 4) is 0 Å². The van der Waals surface area contributed by atoms with Crippen LogP contribution in [0, 0.1) is 20.8 Å². The molecule has 3 aromatic carbocycles. The van der Waals surface area contributed by atoms with Crippen molar-refractivity contribution in [1.82, 2.24) is 10.2 Å². The molecule has 0 aliphatic heterocycles. The van der Waals surface area contributed by atoms with E-state index in [1.54, 1.807) is 42.5 Å². The zero-order chi connectivity index (χ0) is 28.7. The number of nitrogens with one attached hydrogen (secondary N) is 1. The molecule has 0 aliphatic rings. The standard InChI is InChI=1S/C31H39N3O4S/c1-7-29(31(36)32-22(2)3)33(20-26-12-8-10-24(5)18-26)30(35)21-34(27-13-9-11-25(6)19-27)39(37,38)28-16-14-23(4)15-17-28/h8-19,22,29H,7,20-21H2,1-6H3,(H,32,36)/t29-/m0/s1. The quantitative estimate of drug-likeness (QED) is 0.359. The fraction of sp³-hybridized carbons (Fsp3) is 0.355. The monoisotopic (exact) mass is 549 g/mol. The second-order valence-electron chi connectivity index (χ2n) is 10.3. The van der Waals surface area contributed by atoms with Gasteiger partial charge in [0, 0.05) is 12.6 Å². The van der Waals surface area contributed by atoms with Gasteiger partial charge >= 0.3 is 0 Å². The van der Waals surface area contributed by atoms with Gasteiger partial charge in [-0.3, -0.25) is 13.9 Å². The third kappa shape index (κ3) is 7.69. The molecule has 0 aliphatic carbocycles. The normalized spacial score (nSPS) is 12.2. The van der Waals surface area contributed by atoms with Crippen molar-refractivity contribution in [2.24, 2.45) is 0 Å². The van der Waals surface area contributed by atoms with Crippen LogP contribution in [0.2, 0.25) is 0 Å². The second-order valence-corrected chi connectivity index (χ2v) is 12.1. The van der Waals surface area contributed by atoms with Crippen molar-refractivity contribution in [3.63, 3.8) is 0 Å². The largest absolute Gasteiger partial charge is 0.352 e. The number of rotatable bonds is 11. The lowest BCUT2D eigenvalue weighted by Crippen LogP contribution is -2.53. The van der Waals surface area contributed by atoms with Crippen molar-refractivity contribution in [1.29, 1.82) is 0 Å². The number of nitrogens with zero attached hydrogens (tertiary/aromatic N) is 2. The smallest absolute Gasteiger partial charge is 0.264 e. The average molecular weight is 550 g/mol. The molecule has 0 fully saturated rings. The molecule has 3 rings (SSSR count). The highest BCUT2D eigenvalue weighted by atomic mass is 32.2. The number of carbonyl (C=O) groups excluding carboxylic acids is 2. The number of amides is 2. The number of carbonyl (C=O) groups is 2. The Hall–Kier alpha value is -3.65. The van der Waals surface area contributed by atoms with Gasteiger partial charge in [-0.15, -0.1) is 0 Å². The summed E-state index contributed by atoms with van der Waals surface area (Å²) in [5.41, 5.74) is 4.08. The highest BCUT2D eigenvalue weighted by Crippen LogP contribution is 2.26. The zero-order valence-corrected chi connectivity index (χ0v) is 24.5. The molecule has 0 aromatic heterocycles. The summed E-state index contributed by atoms with van der Waals surface area (Å²) < 4.78 is 29.0. The molecule has 0 radical (unpaired) electrons. The van der Waals surface area contributed by atoms with Gasteiger partial charge in [-0.25, -0.2) is 8.42 Å². The molecule has 0 saturated carbocycles. The Kier molecular flexibility index (Phi) is 9.92. The van der Waals surface area contributed by atoms with E-state index in [-0.39, 0.29) is 23.4 Å². The maximum atomic E-state index is 14.1. The van der Waals surface area contributed by atoms with Crippen molar-refractivity contribution in [3.05, 3.63) is 95.1 Å². The molecule has 0 heterocycles. The van der Waals surface area contributed by atoms with Crippen molar-refractivity contribution >= 4 is 27.5 Å². The first kappa shape index (κ1) is 29.9. The topological polar surface area (TPSA) is 86.8 Å². The van der Waals surface area contributed by atoms with Gasteiger partial charge in [0.05, 0.1) is 10.6 Å². The van der Waals surface area contributed by atoms with Crippen LogP contribution in [-0.2, 0) is 26.2 Å². The summed E-state index contributed by atoms with van der Waals surface area (Å²) in [4.78, 5) is 28.9. The van der Waals surface area contributed by atoms with Crippen LogP contribution in [0.4, 0.5) is 5.69 Å². The summed E-state index contributed by atoms with van der Waals surface area (Å²) in [6.07, 6.45) is 0.380. The van der Waals surface area contributed by atoms with E-state index in [0.29, 0.717) is 12.1 Å². The van der Waals surface area contributed by atoms with Crippen molar-refractivity contribution < 1.29 is 18.0 Å². The molecule has 0 saturated heterocycles. The van der Waals surface area contributed by atoms with Gasteiger partial charge in [0.2, 0.25) is 11.8 Å². The van der Waals surface area contributed by atoms with Gasteiger partial charge in [-0.1, -0.05) is 66.6 Å². The number of hydrogen-bond donors (Lipinski definition) is 1. The van der Waals surface area contributed by atoms with E-state index in [4.69, 9.17) is 0 Å². The predicted octanol–water partition coefficient (Wildman–Crippen LogP) is 5.14. The van der Waals surface area contributed by atoms with Gasteiger partial charge in [-0.2, -0.15) is 0 Å². The summed E-state index contributed by atoms with van der Waals surface area (Å²) in [6, 6.07) is 20.5. The fourth-order valence-electron chi connectivity index (χ4n) is 4.46. The second kappa shape index (κ2) is 12.9. The number of aryl methyl sites for hydroxylation is 3. The van der Waals surface area contributed by atoms with Crippen LogP contribution >= 0.6 is 0 Å². The maximum absolute atomic E-state index is 14.1. The first-order valence-electron chi connectivity index (χ1n) is 13.2. The highest BCUT2D eigenvalue weighted by molar-refractivity contribution is 7.92. The molecule has 1 atom stereocenters. The van der Waals surface area contributed by atoms with Gasteiger partial charge < -0.3 is 10.2 Å². The van der Waals surface area contributed by atoms with E-state index in [1.807, 2.05) is 71.9 Å². The number of anilines is 1. The van der Waals surface area contributed by atoms with Crippen LogP contribution in [0.5, 0.6) is 0 Å². The maximum Gasteiger partial charge on any atom is 0.264 e. The minimum Gasteiger partial charge on any atom is -0.352 e. The lowest BCUT2D eigenvalue weighted by molar-refractivity contribution is -0.140. The van der Waals surface area contributed by atoms with E-state index in [9.17, 15) is 18.0 Å². The molecular weight excluding hydrogens is 510 g/mol. The number of sulfonamides is 1. The highest BCUT2D eigenvalue weighted by Gasteiger charge is 2.33. The van der Waals surface area contributed by atoms with Crippen LogP contribution in [-0.4, -0.2) is 43.8 Å². The molecule has 0 spiro atoms. The molecule has 0 bridgehead atoms. The van der Waals surface area contributed by atoms with E-state index < -0.39 is 28.5 Å². The average Bonchev–Trinajstić information content (AvgIpc) is 2.86. The first-order valence-corrected chi connectivity index (χ1v) is 14.7. The lowest BCUT2D eigenvalue weighted by Gasteiger charge is -2.33. The summed E-state index contributed by atoms with van der Waals surface area (Å²) in [5.74, 6) is -0.726. The minimum atomic E-state index is -4.08. The van der Waals surface area contributed by atoms with E-state index >= 15 is 0 Å². The summed E-state index contributed by atoms with van der Waals surface area (Å²) in [6.45, 7) is 11.0. The van der Waals surface area contributed by atoms with E-state index in [1.165, 1.54) is 4.90 Å². The number of hydrogen-bond acceptors (Lipinski definition) is 4. The molecule has 39 heavy (non-hydrogen) atoms. The van der Waals surface area contributed by atoms with Gasteiger partial charge in [0.15, 0.2) is 0 Å². The zero-order valence-electron chi connectivity index (χ0n) is 23.6. The van der Waals surface area contributed by atoms with Crippen LogP contribution in [0.25, 0.3) is 0 Å². The van der Waals surface area contributed by atoms with Gasteiger partial charge in [0.25, 0.3) is 10.0 Å². The van der Waals surface area contributed by atoms with Crippen LogP contribution in [0.3, 0.4) is 0 Å². The molecule has 2 amide bonds.